The Morgan fingerprint density at radius 3 is 2.85 bits per heavy atom. The summed E-state index contributed by atoms with van der Waals surface area (Å²) in [5, 5.41) is 12.0. The summed E-state index contributed by atoms with van der Waals surface area (Å²) in [6, 6.07) is 7.33. The molecule has 1 aromatic heterocycles. The fourth-order valence-corrected chi connectivity index (χ4v) is 2.31. The van der Waals surface area contributed by atoms with E-state index in [1.165, 1.54) is 0 Å². The van der Waals surface area contributed by atoms with Crippen LogP contribution in [0.4, 0.5) is 0 Å². The van der Waals surface area contributed by atoms with Crippen molar-refractivity contribution in [3.05, 3.63) is 35.2 Å². The van der Waals surface area contributed by atoms with Crippen molar-refractivity contribution in [2.75, 3.05) is 13.2 Å². The van der Waals surface area contributed by atoms with Gasteiger partial charge in [-0.1, -0.05) is 11.6 Å². The second-order valence-corrected chi connectivity index (χ2v) is 5.21. The van der Waals surface area contributed by atoms with Crippen LogP contribution in [0, 0.1) is 0 Å². The van der Waals surface area contributed by atoms with E-state index in [9.17, 15) is 0 Å². The molecule has 1 saturated heterocycles. The van der Waals surface area contributed by atoms with Crippen molar-refractivity contribution in [2.45, 2.75) is 25.5 Å². The second-order valence-electron chi connectivity index (χ2n) is 4.77. The fourth-order valence-electron chi connectivity index (χ4n) is 2.18. The Kier molecular flexibility index (Phi) is 4.30. The lowest BCUT2D eigenvalue weighted by atomic mass is 10.2. The van der Waals surface area contributed by atoms with E-state index in [0.717, 1.165) is 31.6 Å². The smallest absolute Gasteiger partial charge is 0.247 e. The molecule has 1 fully saturated rings. The molecule has 106 valence electrons. The maximum absolute atomic E-state index is 5.85. The van der Waals surface area contributed by atoms with Gasteiger partial charge in [0, 0.05) is 23.7 Å². The lowest BCUT2D eigenvalue weighted by molar-refractivity contribution is 0.109. The van der Waals surface area contributed by atoms with Gasteiger partial charge in [0.05, 0.1) is 12.6 Å². The van der Waals surface area contributed by atoms with Gasteiger partial charge >= 0.3 is 0 Å². The Balaban J connectivity index is 1.55. The third-order valence-corrected chi connectivity index (χ3v) is 3.48. The normalized spacial score (nSPS) is 18.6. The lowest BCUT2D eigenvalue weighted by Crippen LogP contribution is -2.25. The molecule has 0 bridgehead atoms. The van der Waals surface area contributed by atoms with E-state index in [1.807, 2.05) is 12.1 Å². The molecule has 5 nitrogen and oxygen atoms in total. The average Bonchev–Trinajstić information content (AvgIpc) is 3.11. The molecule has 2 aromatic rings. The molecule has 1 N–H and O–H groups in total. The van der Waals surface area contributed by atoms with E-state index >= 15 is 0 Å². The van der Waals surface area contributed by atoms with Gasteiger partial charge in [0.15, 0.2) is 0 Å². The van der Waals surface area contributed by atoms with Crippen molar-refractivity contribution in [2.24, 2.45) is 0 Å². The predicted molar refractivity (Wildman–Crippen MR) is 75.4 cm³/mol. The van der Waals surface area contributed by atoms with Crippen molar-refractivity contribution < 1.29 is 9.15 Å². The number of nitrogens with one attached hydrogen (secondary N) is 1. The van der Waals surface area contributed by atoms with Crippen LogP contribution in [0.2, 0.25) is 5.02 Å². The van der Waals surface area contributed by atoms with Gasteiger partial charge in [-0.2, -0.15) is 0 Å². The summed E-state index contributed by atoms with van der Waals surface area (Å²) in [5.74, 6) is 1.09. The van der Waals surface area contributed by atoms with Crippen molar-refractivity contribution in [1.29, 1.82) is 0 Å². The Morgan fingerprint density at radius 2 is 2.10 bits per heavy atom. The lowest BCUT2D eigenvalue weighted by Gasteiger charge is -2.08. The average molecular weight is 294 g/mol. The fraction of sp³-hybridized carbons (Fsp3) is 0.429. The van der Waals surface area contributed by atoms with Crippen LogP contribution in [0.3, 0.4) is 0 Å². The predicted octanol–water partition coefficient (Wildman–Crippen LogP) is 2.66. The number of rotatable bonds is 5. The molecule has 0 amide bonds. The zero-order valence-corrected chi connectivity index (χ0v) is 11.8. The summed E-state index contributed by atoms with van der Waals surface area (Å²) in [7, 11) is 0. The summed E-state index contributed by atoms with van der Waals surface area (Å²) in [5.41, 5.74) is 0.868. The summed E-state index contributed by atoms with van der Waals surface area (Å²) in [6.07, 6.45) is 2.58. The van der Waals surface area contributed by atoms with Crippen LogP contribution in [-0.4, -0.2) is 29.5 Å². The molecule has 0 radical (unpaired) electrons. The number of aromatic nitrogens is 2. The monoisotopic (exact) mass is 293 g/mol. The summed E-state index contributed by atoms with van der Waals surface area (Å²) in [6.45, 7) is 2.24. The molecule has 1 aromatic carbocycles. The third-order valence-electron chi connectivity index (χ3n) is 3.23. The largest absolute Gasteiger partial charge is 0.419 e. The van der Waals surface area contributed by atoms with Crippen LogP contribution in [0.25, 0.3) is 11.5 Å². The molecular formula is C14H16ClN3O2. The highest BCUT2D eigenvalue weighted by atomic mass is 35.5. The first-order valence-corrected chi connectivity index (χ1v) is 7.10. The van der Waals surface area contributed by atoms with E-state index in [-0.39, 0.29) is 0 Å². The molecule has 0 spiro atoms. The molecule has 2 heterocycles. The van der Waals surface area contributed by atoms with E-state index in [2.05, 4.69) is 15.5 Å². The second kappa shape index (κ2) is 6.35. The minimum Gasteiger partial charge on any atom is -0.419 e. The minimum absolute atomic E-state index is 0.314. The van der Waals surface area contributed by atoms with Crippen LogP contribution in [0.15, 0.2) is 28.7 Å². The number of halogens is 1. The SMILES string of the molecule is Clc1ccc(-c2nnc(CNCC3CCCO3)o2)cc1. The van der Waals surface area contributed by atoms with Crippen LogP contribution in [0.1, 0.15) is 18.7 Å². The molecule has 1 aliphatic heterocycles. The zero-order valence-electron chi connectivity index (χ0n) is 11.0. The number of ether oxygens (including phenoxy) is 1. The number of benzene rings is 1. The molecule has 0 aliphatic carbocycles. The highest BCUT2D eigenvalue weighted by Gasteiger charge is 2.15. The molecule has 20 heavy (non-hydrogen) atoms. The van der Waals surface area contributed by atoms with Crippen LogP contribution < -0.4 is 5.32 Å². The first kappa shape index (κ1) is 13.5. The van der Waals surface area contributed by atoms with E-state index in [0.29, 0.717) is 29.5 Å². The highest BCUT2D eigenvalue weighted by Crippen LogP contribution is 2.20. The topological polar surface area (TPSA) is 60.2 Å². The molecule has 0 saturated carbocycles. The van der Waals surface area contributed by atoms with Crippen molar-refractivity contribution in [1.82, 2.24) is 15.5 Å². The van der Waals surface area contributed by atoms with Gasteiger partial charge in [-0.25, -0.2) is 0 Å². The molecule has 1 aliphatic rings. The van der Waals surface area contributed by atoms with Gasteiger partial charge in [-0.05, 0) is 37.1 Å². The quantitative estimate of drug-likeness (QED) is 0.918. The summed E-state index contributed by atoms with van der Waals surface area (Å²) < 4.78 is 11.1. The number of hydrogen-bond donors (Lipinski definition) is 1. The minimum atomic E-state index is 0.314. The zero-order chi connectivity index (χ0) is 13.8. The van der Waals surface area contributed by atoms with Crippen LogP contribution in [-0.2, 0) is 11.3 Å². The van der Waals surface area contributed by atoms with Gasteiger partial charge < -0.3 is 14.5 Å². The van der Waals surface area contributed by atoms with Crippen molar-refractivity contribution >= 4 is 11.6 Å². The van der Waals surface area contributed by atoms with Crippen molar-refractivity contribution in [3.63, 3.8) is 0 Å². The molecular weight excluding hydrogens is 278 g/mol. The van der Waals surface area contributed by atoms with Gasteiger partial charge in [-0.3, -0.25) is 0 Å². The van der Waals surface area contributed by atoms with Crippen molar-refractivity contribution in [3.8, 4) is 11.5 Å². The van der Waals surface area contributed by atoms with Gasteiger partial charge in [0.1, 0.15) is 0 Å². The third kappa shape index (κ3) is 3.36. The Bertz CT molecular complexity index is 550. The molecule has 1 atom stereocenters. The van der Waals surface area contributed by atoms with Gasteiger partial charge in [-0.15, -0.1) is 10.2 Å². The Labute approximate surface area is 122 Å². The molecule has 1 unspecified atom stereocenters. The standard InChI is InChI=1S/C14H16ClN3O2/c15-11-5-3-10(4-6-11)14-18-17-13(20-14)9-16-8-12-2-1-7-19-12/h3-6,12,16H,1-2,7-9H2. The number of nitrogens with zero attached hydrogens (tertiary/aromatic N) is 2. The highest BCUT2D eigenvalue weighted by molar-refractivity contribution is 6.30. The first-order valence-electron chi connectivity index (χ1n) is 6.72. The van der Waals surface area contributed by atoms with E-state index in [1.54, 1.807) is 12.1 Å². The van der Waals surface area contributed by atoms with E-state index < -0.39 is 0 Å². The van der Waals surface area contributed by atoms with Gasteiger partial charge in [0.25, 0.3) is 0 Å². The Morgan fingerprint density at radius 1 is 1.25 bits per heavy atom. The van der Waals surface area contributed by atoms with Gasteiger partial charge in [0.2, 0.25) is 11.8 Å². The van der Waals surface area contributed by atoms with Crippen LogP contribution in [0.5, 0.6) is 0 Å². The summed E-state index contributed by atoms with van der Waals surface area (Å²) >= 11 is 5.85. The first-order chi connectivity index (χ1) is 9.81. The maximum atomic E-state index is 5.85. The van der Waals surface area contributed by atoms with Crippen LogP contribution >= 0.6 is 11.6 Å². The molecule has 6 heteroatoms. The Hall–Kier alpha value is -1.43. The summed E-state index contributed by atoms with van der Waals surface area (Å²) in [4.78, 5) is 0. The van der Waals surface area contributed by atoms with E-state index in [4.69, 9.17) is 20.8 Å². The molecule has 3 rings (SSSR count). The number of hydrogen-bond acceptors (Lipinski definition) is 5. The maximum Gasteiger partial charge on any atom is 0.247 e.